The van der Waals surface area contributed by atoms with Gasteiger partial charge in [0, 0.05) is 37.4 Å². The molecule has 166 valence electrons. The van der Waals surface area contributed by atoms with Crippen molar-refractivity contribution in [2.75, 3.05) is 13.1 Å². The summed E-state index contributed by atoms with van der Waals surface area (Å²) in [4.78, 5) is 0.265. The summed E-state index contributed by atoms with van der Waals surface area (Å²) in [5, 5.41) is 0. The summed E-state index contributed by atoms with van der Waals surface area (Å²) in [5.74, 6) is 0. The van der Waals surface area contributed by atoms with Crippen LogP contribution in [-0.2, 0) is 26.8 Å². The van der Waals surface area contributed by atoms with Crippen molar-refractivity contribution >= 4 is 20.2 Å². The second-order valence-corrected chi connectivity index (χ2v) is 11.8. The van der Waals surface area contributed by atoms with Gasteiger partial charge in [0.1, 0.15) is 0 Å². The first kappa shape index (κ1) is 21.9. The van der Waals surface area contributed by atoms with Crippen molar-refractivity contribution in [3.8, 4) is 0 Å². The molecule has 0 amide bonds. The third-order valence-corrected chi connectivity index (χ3v) is 9.56. The van der Waals surface area contributed by atoms with E-state index in [9.17, 15) is 16.8 Å². The SMILES string of the molecule is Cc1ccc(S(=O)(=O)N2CCCN3C(=CN(Cc4ccccc4)S3(=O)=O)C[C@@H]2C)cc1. The highest BCUT2D eigenvalue weighted by atomic mass is 32.2. The lowest BCUT2D eigenvalue weighted by molar-refractivity contribution is 0.287. The van der Waals surface area contributed by atoms with E-state index in [2.05, 4.69) is 0 Å². The molecule has 2 aromatic carbocycles. The van der Waals surface area contributed by atoms with E-state index in [4.69, 9.17) is 0 Å². The first-order chi connectivity index (χ1) is 14.7. The van der Waals surface area contributed by atoms with E-state index in [0.29, 0.717) is 18.5 Å². The van der Waals surface area contributed by atoms with Gasteiger partial charge in [-0.25, -0.2) is 8.42 Å². The zero-order chi connectivity index (χ0) is 22.2. The molecule has 2 aliphatic heterocycles. The molecule has 9 heteroatoms. The van der Waals surface area contributed by atoms with Crippen LogP contribution in [0.1, 0.15) is 30.9 Å². The maximum Gasteiger partial charge on any atom is 0.326 e. The number of hydrogen-bond donors (Lipinski definition) is 0. The topological polar surface area (TPSA) is 78.0 Å². The lowest BCUT2D eigenvalue weighted by atomic mass is 10.1. The van der Waals surface area contributed by atoms with Gasteiger partial charge < -0.3 is 0 Å². The van der Waals surface area contributed by atoms with Crippen molar-refractivity contribution in [1.82, 2.24) is 12.9 Å². The summed E-state index contributed by atoms with van der Waals surface area (Å²) >= 11 is 0. The Hall–Kier alpha value is -2.36. The van der Waals surface area contributed by atoms with Crippen molar-refractivity contribution in [3.63, 3.8) is 0 Å². The van der Waals surface area contributed by atoms with E-state index >= 15 is 0 Å². The summed E-state index contributed by atoms with van der Waals surface area (Å²) in [6, 6.07) is 15.9. The van der Waals surface area contributed by atoms with Crippen molar-refractivity contribution < 1.29 is 16.8 Å². The van der Waals surface area contributed by atoms with Crippen LogP contribution in [0.4, 0.5) is 0 Å². The van der Waals surface area contributed by atoms with Gasteiger partial charge in [0.05, 0.1) is 11.4 Å². The molecule has 0 bridgehead atoms. The number of rotatable bonds is 4. The number of benzene rings is 2. The second-order valence-electron chi connectivity index (χ2n) is 8.07. The molecule has 0 unspecified atom stereocenters. The van der Waals surface area contributed by atoms with Crippen LogP contribution >= 0.6 is 0 Å². The Morgan fingerprint density at radius 1 is 1.00 bits per heavy atom. The predicted molar refractivity (Wildman–Crippen MR) is 119 cm³/mol. The predicted octanol–water partition coefficient (Wildman–Crippen LogP) is 3.07. The average Bonchev–Trinajstić information content (AvgIpc) is 2.93. The first-order valence-electron chi connectivity index (χ1n) is 10.3. The molecular weight excluding hydrogens is 434 g/mol. The van der Waals surface area contributed by atoms with Crippen molar-refractivity contribution in [2.24, 2.45) is 0 Å². The highest BCUT2D eigenvalue weighted by molar-refractivity contribution is 7.89. The van der Waals surface area contributed by atoms with Crippen molar-refractivity contribution in [3.05, 3.63) is 77.6 Å². The molecule has 2 aromatic rings. The first-order valence-corrected chi connectivity index (χ1v) is 13.2. The summed E-state index contributed by atoms with van der Waals surface area (Å²) in [6.07, 6.45) is 2.40. The van der Waals surface area contributed by atoms with E-state index in [1.54, 1.807) is 30.5 Å². The van der Waals surface area contributed by atoms with Crippen LogP contribution in [0.3, 0.4) is 0 Å². The number of aryl methyl sites for hydroxylation is 1. The summed E-state index contributed by atoms with van der Waals surface area (Å²) in [6.45, 7) is 4.53. The normalized spacial score (nSPS) is 21.9. The van der Waals surface area contributed by atoms with Gasteiger partial charge in [0.15, 0.2) is 0 Å². The fourth-order valence-electron chi connectivity index (χ4n) is 4.07. The molecule has 1 fully saturated rings. The van der Waals surface area contributed by atoms with Gasteiger partial charge in [0.25, 0.3) is 0 Å². The van der Waals surface area contributed by atoms with Gasteiger partial charge >= 0.3 is 10.2 Å². The maximum absolute atomic E-state index is 13.3. The third kappa shape index (κ3) is 4.22. The van der Waals surface area contributed by atoms with Crippen LogP contribution < -0.4 is 0 Å². The maximum atomic E-state index is 13.3. The molecule has 0 aliphatic carbocycles. The summed E-state index contributed by atoms with van der Waals surface area (Å²) in [5.41, 5.74) is 2.53. The van der Waals surface area contributed by atoms with Crippen LogP contribution in [0.15, 0.2) is 71.4 Å². The van der Waals surface area contributed by atoms with E-state index in [-0.39, 0.29) is 30.6 Å². The average molecular weight is 462 g/mol. The molecule has 0 radical (unpaired) electrons. The Morgan fingerprint density at radius 2 is 1.68 bits per heavy atom. The zero-order valence-corrected chi connectivity index (χ0v) is 19.3. The highest BCUT2D eigenvalue weighted by Crippen LogP contribution is 2.33. The van der Waals surface area contributed by atoms with Crippen LogP contribution in [0, 0.1) is 6.92 Å². The Kier molecular flexibility index (Phi) is 5.85. The smallest absolute Gasteiger partial charge is 0.256 e. The number of nitrogens with zero attached hydrogens (tertiary/aromatic N) is 3. The molecule has 1 atom stereocenters. The third-order valence-electron chi connectivity index (χ3n) is 5.73. The standard InChI is InChI=1S/C22H27N3O4S2/c1-18-9-11-22(12-10-18)30(26,27)24-13-6-14-25-21(15-19(24)2)17-23(31(25,28)29)16-20-7-4-3-5-8-20/h3-5,7-12,17,19H,6,13-16H2,1-2H3/t19-/m0/s1. The molecule has 0 spiro atoms. The van der Waals surface area contributed by atoms with E-state index in [1.807, 2.05) is 44.2 Å². The number of hydrogen-bond acceptors (Lipinski definition) is 4. The molecular formula is C22H27N3O4S2. The molecule has 2 heterocycles. The van der Waals surface area contributed by atoms with Gasteiger partial charge in [-0.05, 0) is 38.0 Å². The minimum atomic E-state index is -3.66. The Balaban J connectivity index is 1.60. The second kappa shape index (κ2) is 8.29. The molecule has 4 rings (SSSR count). The summed E-state index contributed by atoms with van der Waals surface area (Å²) < 4.78 is 57.0. The molecule has 0 saturated carbocycles. The fourth-order valence-corrected chi connectivity index (χ4v) is 7.34. The largest absolute Gasteiger partial charge is 0.326 e. The Bertz CT molecular complexity index is 1180. The van der Waals surface area contributed by atoms with Crippen LogP contribution in [0.2, 0.25) is 0 Å². The molecule has 2 aliphatic rings. The van der Waals surface area contributed by atoms with Crippen LogP contribution in [0.25, 0.3) is 0 Å². The minimum absolute atomic E-state index is 0.253. The number of fused-ring (bicyclic) bond motifs is 1. The number of sulfonamides is 1. The van der Waals surface area contributed by atoms with E-state index < -0.39 is 20.2 Å². The summed E-state index contributed by atoms with van der Waals surface area (Å²) in [7, 11) is -7.32. The van der Waals surface area contributed by atoms with Gasteiger partial charge in [-0.2, -0.15) is 12.7 Å². The van der Waals surface area contributed by atoms with E-state index in [1.165, 1.54) is 12.9 Å². The van der Waals surface area contributed by atoms with Crippen LogP contribution in [0.5, 0.6) is 0 Å². The highest BCUT2D eigenvalue weighted by Gasteiger charge is 2.40. The molecule has 1 saturated heterocycles. The molecule has 7 nitrogen and oxygen atoms in total. The molecule has 31 heavy (non-hydrogen) atoms. The minimum Gasteiger partial charge on any atom is -0.256 e. The monoisotopic (exact) mass is 461 g/mol. The lowest BCUT2D eigenvalue weighted by Crippen LogP contribution is -2.44. The van der Waals surface area contributed by atoms with Crippen molar-refractivity contribution in [2.45, 2.75) is 44.2 Å². The van der Waals surface area contributed by atoms with Crippen molar-refractivity contribution in [1.29, 1.82) is 0 Å². The fraction of sp³-hybridized carbons (Fsp3) is 0.364. The zero-order valence-electron chi connectivity index (χ0n) is 17.7. The van der Waals surface area contributed by atoms with Crippen LogP contribution in [-0.4, -0.2) is 48.9 Å². The van der Waals surface area contributed by atoms with E-state index in [0.717, 1.165) is 11.1 Å². The lowest BCUT2D eigenvalue weighted by Gasteiger charge is -2.34. The van der Waals surface area contributed by atoms with Gasteiger partial charge in [0.2, 0.25) is 10.0 Å². The Labute approximate surface area is 184 Å². The van der Waals surface area contributed by atoms with Gasteiger partial charge in [-0.15, -0.1) is 0 Å². The Morgan fingerprint density at radius 3 is 2.35 bits per heavy atom. The molecule has 0 N–H and O–H groups in total. The molecule has 0 aromatic heterocycles. The quantitative estimate of drug-likeness (QED) is 0.701. The van der Waals surface area contributed by atoms with Gasteiger partial charge in [-0.1, -0.05) is 48.0 Å². The van der Waals surface area contributed by atoms with Gasteiger partial charge in [-0.3, -0.25) is 8.61 Å².